The van der Waals surface area contributed by atoms with Crippen LogP contribution < -0.4 is 16.4 Å². The highest BCUT2D eigenvalue weighted by Crippen LogP contribution is 2.25. The van der Waals surface area contributed by atoms with Gasteiger partial charge in [0.25, 0.3) is 5.56 Å². The van der Waals surface area contributed by atoms with Gasteiger partial charge in [-0.25, -0.2) is 22.9 Å². The third-order valence-electron chi connectivity index (χ3n) is 4.61. The number of nitrogens with two attached hydrogens (primary N) is 1. The summed E-state index contributed by atoms with van der Waals surface area (Å²) in [5.74, 6) is -0.562. The summed E-state index contributed by atoms with van der Waals surface area (Å²) < 4.78 is 24.8. The van der Waals surface area contributed by atoms with Gasteiger partial charge in [0.05, 0.1) is 16.3 Å². The summed E-state index contributed by atoms with van der Waals surface area (Å²) in [6, 6.07) is 9.25. The second kappa shape index (κ2) is 8.61. The van der Waals surface area contributed by atoms with Crippen LogP contribution in [0.2, 0.25) is 0 Å². The molecule has 0 bridgehead atoms. The number of benzene rings is 2. The van der Waals surface area contributed by atoms with Gasteiger partial charge in [0.2, 0.25) is 15.9 Å². The van der Waals surface area contributed by atoms with Gasteiger partial charge in [-0.1, -0.05) is 22.9 Å². The fraction of sp³-hybridized carbons (Fsp3) is 0.150. The first kappa shape index (κ1) is 22.7. The molecule has 0 amide bonds. The molecular weight excluding hydrogens is 488 g/mol. The highest BCUT2D eigenvalue weighted by Gasteiger charge is 2.17. The summed E-state index contributed by atoms with van der Waals surface area (Å²) in [7, 11) is -3.86. The Morgan fingerprint density at radius 1 is 1.23 bits per heavy atom. The van der Waals surface area contributed by atoms with Crippen molar-refractivity contribution in [2.45, 2.75) is 25.2 Å². The van der Waals surface area contributed by atoms with Crippen LogP contribution in [0.15, 0.2) is 60.3 Å². The van der Waals surface area contributed by atoms with E-state index in [1.54, 1.807) is 19.1 Å². The highest BCUT2D eigenvalue weighted by atomic mass is 79.9. The first-order valence-corrected chi connectivity index (χ1v) is 11.4. The standard InChI is InChI=1S/C20H19BrN4O5S/c1-3-12-9-13(21)4-7-17(12)25-19(27)15(18(26)24-20(25)28)10-23-16-6-5-14(8-11(16)2)31(22,29)30/h4-10,27H,3H2,1-2H3,(H2,22,29,30)(H,24,26,28). The number of rotatable bonds is 5. The normalized spacial score (nSPS) is 11.9. The summed E-state index contributed by atoms with van der Waals surface area (Å²) in [6.07, 6.45) is 1.70. The molecule has 1 aromatic heterocycles. The van der Waals surface area contributed by atoms with E-state index in [0.717, 1.165) is 20.8 Å². The molecule has 0 radical (unpaired) electrons. The Morgan fingerprint density at radius 2 is 1.94 bits per heavy atom. The van der Waals surface area contributed by atoms with E-state index in [9.17, 15) is 23.1 Å². The average molecular weight is 507 g/mol. The summed E-state index contributed by atoms with van der Waals surface area (Å²) in [6.45, 7) is 3.52. The van der Waals surface area contributed by atoms with E-state index >= 15 is 0 Å². The van der Waals surface area contributed by atoms with E-state index in [0.29, 0.717) is 23.4 Å². The predicted molar refractivity (Wildman–Crippen MR) is 121 cm³/mol. The van der Waals surface area contributed by atoms with Gasteiger partial charge in [-0.15, -0.1) is 0 Å². The molecule has 0 atom stereocenters. The number of nitrogens with zero attached hydrogens (tertiary/aromatic N) is 2. The van der Waals surface area contributed by atoms with Gasteiger partial charge in [0.1, 0.15) is 5.56 Å². The van der Waals surface area contributed by atoms with E-state index in [4.69, 9.17) is 5.14 Å². The minimum Gasteiger partial charge on any atom is -0.493 e. The highest BCUT2D eigenvalue weighted by molar-refractivity contribution is 9.10. The fourth-order valence-corrected chi connectivity index (χ4v) is 4.02. The molecule has 0 aliphatic carbocycles. The molecule has 0 saturated heterocycles. The van der Waals surface area contributed by atoms with Gasteiger partial charge in [0, 0.05) is 10.7 Å². The zero-order chi connectivity index (χ0) is 22.9. The summed E-state index contributed by atoms with van der Waals surface area (Å²) >= 11 is 3.37. The van der Waals surface area contributed by atoms with Crippen molar-refractivity contribution in [1.29, 1.82) is 0 Å². The molecule has 3 aromatic rings. The number of aromatic nitrogens is 2. The Bertz CT molecular complexity index is 1420. The molecule has 3 rings (SSSR count). The predicted octanol–water partition coefficient (Wildman–Crippen LogP) is 2.26. The monoisotopic (exact) mass is 506 g/mol. The zero-order valence-electron chi connectivity index (χ0n) is 16.6. The molecule has 11 heteroatoms. The van der Waals surface area contributed by atoms with E-state index in [2.05, 4.69) is 25.9 Å². The minimum atomic E-state index is -3.86. The van der Waals surface area contributed by atoms with Crippen molar-refractivity contribution in [3.63, 3.8) is 0 Å². The minimum absolute atomic E-state index is 0.0690. The molecule has 4 N–H and O–H groups in total. The number of sulfonamides is 1. The van der Waals surface area contributed by atoms with Crippen LogP contribution in [0, 0.1) is 6.92 Å². The molecule has 1 heterocycles. The van der Waals surface area contributed by atoms with Crippen LogP contribution in [-0.2, 0) is 16.4 Å². The molecule has 2 aromatic carbocycles. The number of aryl methyl sites for hydroxylation is 2. The maximum Gasteiger partial charge on any atom is 0.335 e. The van der Waals surface area contributed by atoms with Crippen molar-refractivity contribution in [1.82, 2.24) is 9.55 Å². The van der Waals surface area contributed by atoms with Crippen LogP contribution in [-0.4, -0.2) is 29.3 Å². The number of primary sulfonamides is 1. The Labute approximate surface area is 186 Å². The van der Waals surface area contributed by atoms with Crippen molar-refractivity contribution < 1.29 is 13.5 Å². The number of hydrogen-bond acceptors (Lipinski definition) is 6. The molecule has 0 aliphatic heterocycles. The van der Waals surface area contributed by atoms with Gasteiger partial charge >= 0.3 is 5.69 Å². The lowest BCUT2D eigenvalue weighted by Gasteiger charge is -2.13. The fourth-order valence-electron chi connectivity index (χ4n) is 3.02. The molecular formula is C20H19BrN4O5S. The molecule has 31 heavy (non-hydrogen) atoms. The second-order valence-corrected chi connectivity index (χ2v) is 9.19. The maximum absolute atomic E-state index is 12.4. The zero-order valence-corrected chi connectivity index (χ0v) is 19.0. The Hall–Kier alpha value is -3.02. The van der Waals surface area contributed by atoms with Crippen LogP contribution in [0.3, 0.4) is 0 Å². The Morgan fingerprint density at radius 3 is 2.55 bits per heavy atom. The summed E-state index contributed by atoms with van der Waals surface area (Å²) in [4.78, 5) is 31.1. The van der Waals surface area contributed by atoms with E-state index in [-0.39, 0.29) is 10.5 Å². The van der Waals surface area contributed by atoms with Crippen LogP contribution in [0.1, 0.15) is 23.6 Å². The SMILES string of the molecule is CCc1cc(Br)ccc1-n1c(O)c(C=Nc2ccc(S(N)(=O)=O)cc2C)c(=O)[nH]c1=O. The molecule has 162 valence electrons. The van der Waals surface area contributed by atoms with Gasteiger partial charge in [-0.3, -0.25) is 14.8 Å². The lowest BCUT2D eigenvalue weighted by atomic mass is 10.1. The molecule has 0 fully saturated rings. The van der Waals surface area contributed by atoms with E-state index in [1.807, 2.05) is 13.0 Å². The van der Waals surface area contributed by atoms with Crippen molar-refractivity contribution >= 4 is 37.9 Å². The lowest BCUT2D eigenvalue weighted by molar-refractivity contribution is 0.429. The van der Waals surface area contributed by atoms with Crippen molar-refractivity contribution in [2.24, 2.45) is 10.1 Å². The smallest absolute Gasteiger partial charge is 0.335 e. The van der Waals surface area contributed by atoms with E-state index < -0.39 is 27.2 Å². The molecule has 0 unspecified atom stereocenters. The van der Waals surface area contributed by atoms with Crippen LogP contribution in [0.4, 0.5) is 5.69 Å². The van der Waals surface area contributed by atoms with Gasteiger partial charge in [-0.2, -0.15) is 0 Å². The number of hydrogen-bond donors (Lipinski definition) is 3. The van der Waals surface area contributed by atoms with Gasteiger partial charge < -0.3 is 5.11 Å². The lowest BCUT2D eigenvalue weighted by Crippen LogP contribution is -2.31. The maximum atomic E-state index is 12.4. The quantitative estimate of drug-likeness (QED) is 0.453. The first-order valence-electron chi connectivity index (χ1n) is 9.07. The number of nitrogens with one attached hydrogen (secondary N) is 1. The second-order valence-electron chi connectivity index (χ2n) is 6.71. The Balaban J connectivity index is 2.13. The molecule has 9 nitrogen and oxygen atoms in total. The topological polar surface area (TPSA) is 148 Å². The van der Waals surface area contributed by atoms with Crippen molar-refractivity contribution in [3.05, 3.63) is 78.4 Å². The largest absolute Gasteiger partial charge is 0.493 e. The number of aromatic amines is 1. The number of aromatic hydroxyl groups is 1. The van der Waals surface area contributed by atoms with Crippen molar-refractivity contribution in [2.75, 3.05) is 0 Å². The molecule has 0 aliphatic rings. The van der Waals surface area contributed by atoms with E-state index in [1.165, 1.54) is 18.2 Å². The van der Waals surface area contributed by atoms with Crippen LogP contribution in [0.5, 0.6) is 5.88 Å². The third-order valence-corrected chi connectivity index (χ3v) is 6.02. The van der Waals surface area contributed by atoms with Gasteiger partial charge in [-0.05, 0) is 60.9 Å². The molecule has 0 spiro atoms. The first-order chi connectivity index (χ1) is 14.5. The Kier molecular flexibility index (Phi) is 6.30. The van der Waals surface area contributed by atoms with Crippen molar-refractivity contribution in [3.8, 4) is 11.6 Å². The number of halogens is 1. The molecule has 0 saturated carbocycles. The summed E-state index contributed by atoms with van der Waals surface area (Å²) in [5, 5.41) is 15.9. The van der Waals surface area contributed by atoms with Gasteiger partial charge in [0.15, 0.2) is 0 Å². The third kappa shape index (κ3) is 4.68. The average Bonchev–Trinajstić information content (AvgIpc) is 2.68. The summed E-state index contributed by atoms with van der Waals surface area (Å²) in [5.41, 5.74) is 0.236. The number of H-pyrrole nitrogens is 1. The van der Waals surface area contributed by atoms with Crippen LogP contribution in [0.25, 0.3) is 5.69 Å². The number of aliphatic imine (C=N–C) groups is 1. The van der Waals surface area contributed by atoms with Crippen LogP contribution >= 0.6 is 15.9 Å².